The Balaban J connectivity index is 1.83. The summed E-state index contributed by atoms with van der Waals surface area (Å²) in [7, 11) is 0. The van der Waals surface area contributed by atoms with Crippen LogP contribution in [0.2, 0.25) is 0 Å². The van der Waals surface area contributed by atoms with E-state index >= 15 is 0 Å². The van der Waals surface area contributed by atoms with Crippen LogP contribution in [0.5, 0.6) is 0 Å². The molecule has 0 fully saturated rings. The van der Waals surface area contributed by atoms with Gasteiger partial charge in [-0.05, 0) is 29.7 Å². The smallest absolute Gasteiger partial charge is 0.180 e. The minimum atomic E-state index is -0.373. The maximum Gasteiger partial charge on any atom is 0.180 e. The quantitative estimate of drug-likeness (QED) is 0.836. The molecule has 0 bridgehead atoms. The fourth-order valence-corrected chi connectivity index (χ4v) is 2.48. The first-order valence-electron chi connectivity index (χ1n) is 6.34. The lowest BCUT2D eigenvalue weighted by Gasteiger charge is -2.25. The minimum Gasteiger partial charge on any atom is -0.303 e. The summed E-state index contributed by atoms with van der Waals surface area (Å²) in [6.07, 6.45) is 0.658. The Labute approximate surface area is 111 Å². The molecule has 1 aliphatic rings. The molecule has 1 aliphatic heterocycles. The van der Waals surface area contributed by atoms with E-state index < -0.39 is 0 Å². The molecular weight excluding hydrogens is 241 g/mol. The van der Waals surface area contributed by atoms with Gasteiger partial charge in [0.1, 0.15) is 5.82 Å². The van der Waals surface area contributed by atoms with E-state index in [0.717, 1.165) is 0 Å². The molecule has 1 unspecified atom stereocenters. The number of rotatable bonds is 2. The van der Waals surface area contributed by atoms with Gasteiger partial charge in [0.2, 0.25) is 0 Å². The number of carbonyl (C=O) groups excluding carboxylic acids is 1. The van der Waals surface area contributed by atoms with Gasteiger partial charge in [-0.2, -0.15) is 0 Å². The lowest BCUT2D eigenvalue weighted by Crippen LogP contribution is -2.41. The molecule has 0 radical (unpaired) electrons. The molecule has 96 valence electrons. The van der Waals surface area contributed by atoms with Crippen LogP contribution in [0.25, 0.3) is 0 Å². The summed E-state index contributed by atoms with van der Waals surface area (Å²) in [5, 5.41) is 3.22. The average molecular weight is 255 g/mol. The van der Waals surface area contributed by atoms with Crippen LogP contribution in [0.1, 0.15) is 21.5 Å². The van der Waals surface area contributed by atoms with Crippen molar-refractivity contribution in [2.75, 3.05) is 0 Å². The zero-order valence-corrected chi connectivity index (χ0v) is 10.4. The van der Waals surface area contributed by atoms with Crippen molar-refractivity contribution in [2.24, 2.45) is 0 Å². The van der Waals surface area contributed by atoms with E-state index in [9.17, 15) is 9.18 Å². The van der Waals surface area contributed by atoms with Gasteiger partial charge in [0.25, 0.3) is 0 Å². The molecule has 19 heavy (non-hydrogen) atoms. The summed E-state index contributed by atoms with van der Waals surface area (Å²) < 4.78 is 13.2. The Kier molecular flexibility index (Phi) is 3.13. The van der Waals surface area contributed by atoms with Crippen molar-refractivity contribution < 1.29 is 9.18 Å². The highest BCUT2D eigenvalue weighted by Crippen LogP contribution is 2.18. The summed E-state index contributed by atoms with van der Waals surface area (Å²) in [6.45, 7) is 0.682. The number of hydrogen-bond acceptors (Lipinski definition) is 2. The monoisotopic (exact) mass is 255 g/mol. The molecule has 0 saturated heterocycles. The van der Waals surface area contributed by atoms with Crippen LogP contribution in [0.15, 0.2) is 48.5 Å². The number of benzene rings is 2. The zero-order valence-electron chi connectivity index (χ0n) is 10.4. The SMILES string of the molecule is O=C(c1cccc(F)c1)C1Cc2ccccc2CN1. The molecule has 0 aromatic heterocycles. The van der Waals surface area contributed by atoms with Crippen molar-refractivity contribution in [2.45, 2.75) is 19.0 Å². The van der Waals surface area contributed by atoms with Gasteiger partial charge in [-0.15, -0.1) is 0 Å². The first-order chi connectivity index (χ1) is 9.24. The second-order valence-corrected chi connectivity index (χ2v) is 4.78. The minimum absolute atomic E-state index is 0.0472. The number of carbonyl (C=O) groups is 1. The Hall–Kier alpha value is -2.00. The molecule has 2 aromatic carbocycles. The largest absolute Gasteiger partial charge is 0.303 e. The predicted octanol–water partition coefficient (Wildman–Crippen LogP) is 2.72. The van der Waals surface area contributed by atoms with E-state index in [2.05, 4.69) is 11.4 Å². The summed E-state index contributed by atoms with van der Waals surface area (Å²) in [5.74, 6) is -0.420. The first kappa shape index (κ1) is 12.1. The van der Waals surface area contributed by atoms with Gasteiger partial charge >= 0.3 is 0 Å². The normalized spacial score (nSPS) is 17.8. The molecule has 2 aromatic rings. The third-order valence-electron chi connectivity index (χ3n) is 3.51. The molecule has 0 amide bonds. The van der Waals surface area contributed by atoms with Crippen LogP contribution in [-0.4, -0.2) is 11.8 Å². The Morgan fingerprint density at radius 3 is 2.68 bits per heavy atom. The van der Waals surface area contributed by atoms with E-state index in [1.54, 1.807) is 12.1 Å². The highest BCUT2D eigenvalue weighted by Gasteiger charge is 2.24. The fraction of sp³-hybridized carbons (Fsp3) is 0.188. The highest BCUT2D eigenvalue weighted by atomic mass is 19.1. The number of ketones is 1. The third kappa shape index (κ3) is 2.42. The lowest BCUT2D eigenvalue weighted by molar-refractivity contribution is 0.0937. The summed E-state index contributed by atoms with van der Waals surface area (Å²) >= 11 is 0. The number of halogens is 1. The second kappa shape index (κ2) is 4.94. The van der Waals surface area contributed by atoms with Crippen molar-refractivity contribution in [1.29, 1.82) is 0 Å². The van der Waals surface area contributed by atoms with Crippen LogP contribution >= 0.6 is 0 Å². The maximum absolute atomic E-state index is 13.2. The summed E-state index contributed by atoms with van der Waals surface area (Å²) in [6, 6.07) is 13.7. The fourth-order valence-electron chi connectivity index (χ4n) is 2.48. The molecule has 1 N–H and O–H groups in total. The number of nitrogens with one attached hydrogen (secondary N) is 1. The third-order valence-corrected chi connectivity index (χ3v) is 3.51. The van der Waals surface area contributed by atoms with Crippen LogP contribution in [0, 0.1) is 5.82 Å². The van der Waals surface area contributed by atoms with Crippen molar-refractivity contribution in [3.63, 3.8) is 0 Å². The zero-order chi connectivity index (χ0) is 13.2. The standard InChI is InChI=1S/C16H14FNO/c17-14-7-3-6-12(8-14)16(19)15-9-11-4-1-2-5-13(11)10-18-15/h1-8,15,18H,9-10H2. The topological polar surface area (TPSA) is 29.1 Å². The van der Waals surface area contributed by atoms with Crippen molar-refractivity contribution in [3.8, 4) is 0 Å². The second-order valence-electron chi connectivity index (χ2n) is 4.78. The Morgan fingerprint density at radius 1 is 1.11 bits per heavy atom. The van der Waals surface area contributed by atoms with E-state index in [1.807, 2.05) is 18.2 Å². The molecule has 2 nitrogen and oxygen atoms in total. The molecular formula is C16H14FNO. The molecule has 0 aliphatic carbocycles. The highest BCUT2D eigenvalue weighted by molar-refractivity contribution is 6.00. The van der Waals surface area contributed by atoms with Gasteiger partial charge in [-0.25, -0.2) is 4.39 Å². The van der Waals surface area contributed by atoms with Crippen molar-refractivity contribution in [3.05, 3.63) is 71.0 Å². The van der Waals surface area contributed by atoms with Crippen molar-refractivity contribution >= 4 is 5.78 Å². The van der Waals surface area contributed by atoms with Gasteiger partial charge in [0.15, 0.2) is 5.78 Å². The first-order valence-corrected chi connectivity index (χ1v) is 6.34. The molecule has 3 rings (SSSR count). The molecule has 1 atom stereocenters. The number of hydrogen-bond donors (Lipinski definition) is 1. The van der Waals surface area contributed by atoms with E-state index in [-0.39, 0.29) is 17.6 Å². The molecule has 0 saturated carbocycles. The molecule has 3 heteroatoms. The maximum atomic E-state index is 13.2. The van der Waals surface area contributed by atoms with E-state index in [1.165, 1.54) is 23.3 Å². The molecule has 0 spiro atoms. The molecule has 1 heterocycles. The number of fused-ring (bicyclic) bond motifs is 1. The van der Waals surface area contributed by atoms with E-state index in [0.29, 0.717) is 18.5 Å². The predicted molar refractivity (Wildman–Crippen MR) is 71.5 cm³/mol. The van der Waals surface area contributed by atoms with Crippen LogP contribution in [0.4, 0.5) is 4.39 Å². The Morgan fingerprint density at radius 2 is 1.89 bits per heavy atom. The van der Waals surface area contributed by atoms with Gasteiger partial charge in [-0.3, -0.25) is 4.79 Å². The van der Waals surface area contributed by atoms with Crippen molar-refractivity contribution in [1.82, 2.24) is 5.32 Å². The summed E-state index contributed by atoms with van der Waals surface area (Å²) in [4.78, 5) is 12.3. The van der Waals surface area contributed by atoms with Crippen LogP contribution < -0.4 is 5.32 Å². The average Bonchev–Trinajstić information content (AvgIpc) is 2.46. The van der Waals surface area contributed by atoms with Gasteiger partial charge in [-0.1, -0.05) is 36.4 Å². The van der Waals surface area contributed by atoms with Crippen LogP contribution in [0.3, 0.4) is 0 Å². The summed E-state index contributed by atoms with van der Waals surface area (Å²) in [5.41, 5.74) is 2.85. The number of Topliss-reactive ketones (excluding diaryl/α,β-unsaturated/α-hetero) is 1. The van der Waals surface area contributed by atoms with Crippen LogP contribution in [-0.2, 0) is 13.0 Å². The lowest BCUT2D eigenvalue weighted by atomic mass is 9.91. The van der Waals surface area contributed by atoms with Gasteiger partial charge in [0.05, 0.1) is 6.04 Å². The van der Waals surface area contributed by atoms with Gasteiger partial charge in [0, 0.05) is 12.1 Å². The van der Waals surface area contributed by atoms with E-state index in [4.69, 9.17) is 0 Å². The Bertz CT molecular complexity index is 624. The van der Waals surface area contributed by atoms with Gasteiger partial charge < -0.3 is 5.32 Å².